The van der Waals surface area contributed by atoms with Gasteiger partial charge in [0, 0.05) is 36.2 Å². The number of nitrogens with one attached hydrogen (secondary N) is 3. The molecule has 0 spiro atoms. The standard InChI is InChI=1S/C27H28N4O4/c1-18-4-2-3-5-24(18)30-27(35)29-21-10-6-19(7-11-21)16-25(32)28-22-14-15-31(17-22)23-12-8-20(9-13-23)26(33)34/h2-13,22H,14-17H2,1H3,(H,28,32)(H,33,34)(H2,29,30,35). The Balaban J connectivity index is 1.24. The van der Waals surface area contributed by atoms with Gasteiger partial charge in [0.25, 0.3) is 0 Å². The van der Waals surface area contributed by atoms with Crippen molar-refractivity contribution >= 4 is 35.0 Å². The molecule has 3 amide bonds. The van der Waals surface area contributed by atoms with Gasteiger partial charge in [0.15, 0.2) is 0 Å². The molecule has 4 N–H and O–H groups in total. The first-order valence-electron chi connectivity index (χ1n) is 11.5. The molecule has 0 aromatic heterocycles. The van der Waals surface area contributed by atoms with E-state index in [2.05, 4.69) is 20.9 Å². The molecule has 1 aliphatic heterocycles. The molecule has 4 rings (SSSR count). The van der Waals surface area contributed by atoms with E-state index in [4.69, 9.17) is 5.11 Å². The number of carboxylic acids is 1. The number of nitrogens with zero attached hydrogens (tertiary/aromatic N) is 1. The van der Waals surface area contributed by atoms with Crippen molar-refractivity contribution in [3.63, 3.8) is 0 Å². The van der Waals surface area contributed by atoms with Gasteiger partial charge in [-0.05, 0) is 66.9 Å². The Morgan fingerprint density at radius 1 is 0.943 bits per heavy atom. The summed E-state index contributed by atoms with van der Waals surface area (Å²) >= 11 is 0. The van der Waals surface area contributed by atoms with Crippen LogP contribution in [0, 0.1) is 6.92 Å². The van der Waals surface area contributed by atoms with E-state index in [9.17, 15) is 14.4 Å². The Hall–Kier alpha value is -4.33. The van der Waals surface area contributed by atoms with Crippen molar-refractivity contribution in [1.29, 1.82) is 0 Å². The van der Waals surface area contributed by atoms with Crippen LogP contribution in [0.3, 0.4) is 0 Å². The number of rotatable bonds is 7. The third-order valence-corrected chi connectivity index (χ3v) is 6.00. The smallest absolute Gasteiger partial charge is 0.335 e. The van der Waals surface area contributed by atoms with E-state index in [1.54, 1.807) is 36.4 Å². The summed E-state index contributed by atoms with van der Waals surface area (Å²) in [7, 11) is 0. The quantitative estimate of drug-likeness (QED) is 0.410. The molecule has 1 atom stereocenters. The number of carbonyl (C=O) groups is 3. The van der Waals surface area contributed by atoms with Crippen LogP contribution in [0.4, 0.5) is 21.9 Å². The van der Waals surface area contributed by atoms with Crippen molar-refractivity contribution < 1.29 is 19.5 Å². The molecule has 0 saturated carbocycles. The second-order valence-electron chi connectivity index (χ2n) is 8.62. The number of carbonyl (C=O) groups excluding carboxylic acids is 2. The summed E-state index contributed by atoms with van der Waals surface area (Å²) in [5, 5.41) is 17.7. The highest BCUT2D eigenvalue weighted by Crippen LogP contribution is 2.21. The molecule has 180 valence electrons. The van der Waals surface area contributed by atoms with Crippen LogP contribution in [0.5, 0.6) is 0 Å². The molecule has 0 radical (unpaired) electrons. The number of hydrogen-bond acceptors (Lipinski definition) is 4. The van der Waals surface area contributed by atoms with E-state index in [0.29, 0.717) is 12.2 Å². The normalized spacial score (nSPS) is 14.9. The van der Waals surface area contributed by atoms with E-state index >= 15 is 0 Å². The highest BCUT2D eigenvalue weighted by molar-refractivity contribution is 6.00. The summed E-state index contributed by atoms with van der Waals surface area (Å²) < 4.78 is 0. The lowest BCUT2D eigenvalue weighted by Gasteiger charge is -2.19. The zero-order chi connectivity index (χ0) is 24.8. The summed E-state index contributed by atoms with van der Waals surface area (Å²) in [5.74, 6) is -1.01. The molecule has 3 aromatic rings. The van der Waals surface area contributed by atoms with Crippen LogP contribution < -0.4 is 20.9 Å². The van der Waals surface area contributed by atoms with Crippen LogP contribution >= 0.6 is 0 Å². The van der Waals surface area contributed by atoms with Gasteiger partial charge in [-0.1, -0.05) is 30.3 Å². The number of benzene rings is 3. The molecule has 1 unspecified atom stereocenters. The van der Waals surface area contributed by atoms with Crippen LogP contribution in [0.25, 0.3) is 0 Å². The molecular weight excluding hydrogens is 444 g/mol. The largest absolute Gasteiger partial charge is 0.478 e. The number of carboxylic acid groups (broad SMARTS) is 1. The first-order chi connectivity index (χ1) is 16.9. The number of aryl methyl sites for hydroxylation is 1. The first kappa shape index (κ1) is 23.8. The molecule has 3 aromatic carbocycles. The Labute approximate surface area is 204 Å². The molecule has 1 aliphatic rings. The number of anilines is 3. The van der Waals surface area contributed by atoms with Crippen LogP contribution in [0.2, 0.25) is 0 Å². The number of aromatic carboxylic acids is 1. The van der Waals surface area contributed by atoms with Gasteiger partial charge >= 0.3 is 12.0 Å². The minimum absolute atomic E-state index is 0.0349. The highest BCUT2D eigenvalue weighted by Gasteiger charge is 2.24. The van der Waals surface area contributed by atoms with Crippen molar-refractivity contribution in [2.24, 2.45) is 0 Å². The fourth-order valence-corrected chi connectivity index (χ4v) is 4.10. The van der Waals surface area contributed by atoms with E-state index in [1.165, 1.54) is 0 Å². The van der Waals surface area contributed by atoms with Gasteiger partial charge in [-0.15, -0.1) is 0 Å². The summed E-state index contributed by atoms with van der Waals surface area (Å²) in [4.78, 5) is 38.0. The minimum Gasteiger partial charge on any atom is -0.478 e. The lowest BCUT2D eigenvalue weighted by atomic mass is 10.1. The van der Waals surface area contributed by atoms with Crippen molar-refractivity contribution in [1.82, 2.24) is 5.32 Å². The lowest BCUT2D eigenvalue weighted by molar-refractivity contribution is -0.121. The van der Waals surface area contributed by atoms with Gasteiger partial charge < -0.3 is 26.0 Å². The van der Waals surface area contributed by atoms with Gasteiger partial charge in [0.1, 0.15) is 0 Å². The van der Waals surface area contributed by atoms with Crippen molar-refractivity contribution in [2.75, 3.05) is 28.6 Å². The third-order valence-electron chi connectivity index (χ3n) is 6.00. The fraction of sp³-hybridized carbons (Fsp3) is 0.222. The molecule has 35 heavy (non-hydrogen) atoms. The molecular formula is C27H28N4O4. The third kappa shape index (κ3) is 6.38. The molecule has 1 fully saturated rings. The lowest BCUT2D eigenvalue weighted by Crippen LogP contribution is -2.37. The van der Waals surface area contributed by atoms with E-state index < -0.39 is 5.97 Å². The number of hydrogen-bond donors (Lipinski definition) is 4. The van der Waals surface area contributed by atoms with Crippen LogP contribution in [-0.2, 0) is 11.2 Å². The van der Waals surface area contributed by atoms with Gasteiger partial charge in [-0.2, -0.15) is 0 Å². The van der Waals surface area contributed by atoms with Crippen LogP contribution in [0.1, 0.15) is 27.9 Å². The average Bonchev–Trinajstić information content (AvgIpc) is 3.30. The summed E-state index contributed by atoms with van der Waals surface area (Å²) in [6.45, 7) is 3.40. The predicted octanol–water partition coefficient (Wildman–Crippen LogP) is 4.27. The fourth-order valence-electron chi connectivity index (χ4n) is 4.10. The number of urea groups is 1. The van der Waals surface area contributed by atoms with Crippen molar-refractivity contribution in [3.05, 3.63) is 89.5 Å². The molecule has 8 heteroatoms. The maximum absolute atomic E-state index is 12.6. The second kappa shape index (κ2) is 10.7. The first-order valence-corrected chi connectivity index (χ1v) is 11.5. The zero-order valence-electron chi connectivity index (χ0n) is 19.5. The molecule has 1 saturated heterocycles. The summed E-state index contributed by atoms with van der Waals surface area (Å²) in [6, 6.07) is 21.2. The number of para-hydroxylation sites is 1. The Bertz CT molecular complexity index is 1210. The molecule has 0 bridgehead atoms. The molecule has 0 aliphatic carbocycles. The van der Waals surface area contributed by atoms with Gasteiger partial charge in [-0.3, -0.25) is 4.79 Å². The Morgan fingerprint density at radius 3 is 2.34 bits per heavy atom. The number of amides is 3. The van der Waals surface area contributed by atoms with E-state index in [0.717, 1.165) is 35.5 Å². The average molecular weight is 473 g/mol. The topological polar surface area (TPSA) is 111 Å². The van der Waals surface area contributed by atoms with Gasteiger partial charge in [0.05, 0.1) is 12.0 Å². The van der Waals surface area contributed by atoms with Crippen LogP contribution in [0.15, 0.2) is 72.8 Å². The Kier molecular flexibility index (Phi) is 7.30. The zero-order valence-corrected chi connectivity index (χ0v) is 19.5. The minimum atomic E-state index is -0.947. The summed E-state index contributed by atoms with van der Waals surface area (Å²) in [5.41, 5.74) is 4.42. The van der Waals surface area contributed by atoms with E-state index in [1.807, 2.05) is 43.3 Å². The monoisotopic (exact) mass is 472 g/mol. The van der Waals surface area contributed by atoms with Gasteiger partial charge in [0.2, 0.25) is 5.91 Å². The van der Waals surface area contributed by atoms with Crippen LogP contribution in [-0.4, -0.2) is 42.1 Å². The second-order valence-corrected chi connectivity index (χ2v) is 8.62. The molecule has 8 nitrogen and oxygen atoms in total. The Morgan fingerprint density at radius 2 is 1.66 bits per heavy atom. The van der Waals surface area contributed by atoms with Gasteiger partial charge in [-0.25, -0.2) is 9.59 Å². The highest BCUT2D eigenvalue weighted by atomic mass is 16.4. The molecule has 1 heterocycles. The predicted molar refractivity (Wildman–Crippen MR) is 136 cm³/mol. The van der Waals surface area contributed by atoms with Crippen molar-refractivity contribution in [2.45, 2.75) is 25.8 Å². The maximum atomic E-state index is 12.6. The maximum Gasteiger partial charge on any atom is 0.335 e. The van der Waals surface area contributed by atoms with Crippen molar-refractivity contribution in [3.8, 4) is 0 Å². The summed E-state index contributed by atoms with van der Waals surface area (Å²) in [6.07, 6.45) is 1.07. The SMILES string of the molecule is Cc1ccccc1NC(=O)Nc1ccc(CC(=O)NC2CCN(c3ccc(C(=O)O)cc3)C2)cc1. The van der Waals surface area contributed by atoms with E-state index in [-0.39, 0.29) is 30.0 Å².